The molecule has 0 spiro atoms. The Morgan fingerprint density at radius 2 is 2.30 bits per heavy atom. The maximum absolute atomic E-state index is 4.65. The molecule has 1 unspecified atom stereocenters. The molecule has 0 bridgehead atoms. The second-order valence-corrected chi connectivity index (χ2v) is 6.56. The van der Waals surface area contributed by atoms with Crippen LogP contribution in [0.3, 0.4) is 0 Å². The van der Waals surface area contributed by atoms with E-state index in [0.717, 1.165) is 41.4 Å². The highest BCUT2D eigenvalue weighted by molar-refractivity contribution is 9.09. The van der Waals surface area contributed by atoms with Crippen LogP contribution in [0.5, 0.6) is 0 Å². The van der Waals surface area contributed by atoms with Gasteiger partial charge in [-0.2, -0.15) is 5.10 Å². The molecule has 0 aromatic carbocycles. The number of anilines is 1. The molecule has 1 aliphatic heterocycles. The molecule has 3 rings (SSSR count). The van der Waals surface area contributed by atoms with E-state index in [1.54, 1.807) is 0 Å². The summed E-state index contributed by atoms with van der Waals surface area (Å²) < 4.78 is 1.97. The van der Waals surface area contributed by atoms with Crippen LogP contribution < -0.4 is 4.90 Å². The summed E-state index contributed by atoms with van der Waals surface area (Å²) in [6.45, 7) is 6.53. The molecule has 2 aromatic rings. The quantitative estimate of drug-likeness (QED) is 0.804. The summed E-state index contributed by atoms with van der Waals surface area (Å²) in [7, 11) is 0. The van der Waals surface area contributed by atoms with E-state index in [0.29, 0.717) is 5.92 Å². The molecule has 4 nitrogen and oxygen atoms in total. The van der Waals surface area contributed by atoms with Crippen molar-refractivity contribution in [2.75, 3.05) is 23.3 Å². The first kappa shape index (κ1) is 13.9. The molecule has 1 saturated heterocycles. The Hall–Kier alpha value is -1.10. The fourth-order valence-corrected chi connectivity index (χ4v) is 3.36. The van der Waals surface area contributed by atoms with Gasteiger partial charge in [0.25, 0.3) is 0 Å². The Morgan fingerprint density at radius 1 is 1.45 bits per heavy atom. The molecule has 2 aromatic heterocycles. The summed E-state index contributed by atoms with van der Waals surface area (Å²) in [4.78, 5) is 7.03. The van der Waals surface area contributed by atoms with Gasteiger partial charge in [-0.1, -0.05) is 29.8 Å². The van der Waals surface area contributed by atoms with Gasteiger partial charge in [0.1, 0.15) is 5.52 Å². The van der Waals surface area contributed by atoms with Crippen molar-refractivity contribution >= 4 is 27.3 Å². The van der Waals surface area contributed by atoms with E-state index in [4.69, 9.17) is 0 Å². The predicted molar refractivity (Wildman–Crippen MR) is 85.8 cm³/mol. The van der Waals surface area contributed by atoms with Crippen LogP contribution >= 0.6 is 15.9 Å². The van der Waals surface area contributed by atoms with Gasteiger partial charge in [0, 0.05) is 30.8 Å². The molecule has 20 heavy (non-hydrogen) atoms. The van der Waals surface area contributed by atoms with Gasteiger partial charge in [0.2, 0.25) is 0 Å². The van der Waals surface area contributed by atoms with E-state index in [-0.39, 0.29) is 0 Å². The SMILES string of the molecule is CC(C)c1cc2c(N3CCCC(CBr)C3)nccn2n1. The number of piperidine rings is 1. The largest absolute Gasteiger partial charge is 0.355 e. The number of aromatic nitrogens is 3. The van der Waals surface area contributed by atoms with Crippen LogP contribution in [-0.2, 0) is 0 Å². The number of hydrogen-bond donors (Lipinski definition) is 0. The lowest BCUT2D eigenvalue weighted by molar-refractivity contribution is 0.453. The Kier molecular flexibility index (Phi) is 3.96. The minimum atomic E-state index is 0.444. The average Bonchev–Trinajstić information content (AvgIpc) is 2.91. The summed E-state index contributed by atoms with van der Waals surface area (Å²) >= 11 is 3.62. The molecule has 0 radical (unpaired) electrons. The van der Waals surface area contributed by atoms with Crippen LogP contribution in [-0.4, -0.2) is 33.0 Å². The van der Waals surface area contributed by atoms with E-state index in [1.165, 1.54) is 12.8 Å². The van der Waals surface area contributed by atoms with E-state index >= 15 is 0 Å². The lowest BCUT2D eigenvalue weighted by atomic mass is 10.0. The van der Waals surface area contributed by atoms with Crippen molar-refractivity contribution in [3.63, 3.8) is 0 Å². The van der Waals surface area contributed by atoms with Crippen molar-refractivity contribution in [1.82, 2.24) is 14.6 Å². The van der Waals surface area contributed by atoms with Crippen LogP contribution in [0.4, 0.5) is 5.82 Å². The number of alkyl halides is 1. The Balaban J connectivity index is 1.98. The van der Waals surface area contributed by atoms with Crippen molar-refractivity contribution in [3.05, 3.63) is 24.2 Å². The summed E-state index contributed by atoms with van der Waals surface area (Å²) in [5, 5.41) is 5.72. The Morgan fingerprint density at radius 3 is 3.05 bits per heavy atom. The van der Waals surface area contributed by atoms with Crippen molar-refractivity contribution in [1.29, 1.82) is 0 Å². The minimum Gasteiger partial charge on any atom is -0.355 e. The van der Waals surface area contributed by atoms with Gasteiger partial charge >= 0.3 is 0 Å². The summed E-state index contributed by atoms with van der Waals surface area (Å²) in [6, 6.07) is 2.19. The first-order valence-corrected chi connectivity index (χ1v) is 8.46. The van der Waals surface area contributed by atoms with E-state index in [2.05, 4.69) is 50.8 Å². The summed E-state index contributed by atoms with van der Waals surface area (Å²) in [5.41, 5.74) is 2.26. The first-order chi connectivity index (χ1) is 9.69. The molecule has 5 heteroatoms. The molecule has 1 fully saturated rings. The minimum absolute atomic E-state index is 0.444. The van der Waals surface area contributed by atoms with Crippen LogP contribution in [0.1, 0.15) is 38.3 Å². The highest BCUT2D eigenvalue weighted by Gasteiger charge is 2.22. The average molecular weight is 337 g/mol. The van der Waals surface area contributed by atoms with Crippen LogP contribution in [0, 0.1) is 5.92 Å². The standard InChI is InChI=1S/C15H21BrN4/c1-11(2)13-8-14-15(17-5-7-20(14)18-13)19-6-3-4-12(9-16)10-19/h5,7-8,11-12H,3-4,6,9-10H2,1-2H3. The van der Waals surface area contributed by atoms with Crippen molar-refractivity contribution < 1.29 is 0 Å². The molecule has 0 N–H and O–H groups in total. The van der Waals surface area contributed by atoms with Gasteiger partial charge < -0.3 is 4.90 Å². The van der Waals surface area contributed by atoms with Crippen molar-refractivity contribution in [2.24, 2.45) is 5.92 Å². The van der Waals surface area contributed by atoms with Crippen LogP contribution in [0.15, 0.2) is 18.5 Å². The number of halogens is 1. The van der Waals surface area contributed by atoms with Gasteiger partial charge in [-0.25, -0.2) is 9.50 Å². The zero-order valence-electron chi connectivity index (χ0n) is 12.1. The van der Waals surface area contributed by atoms with Crippen LogP contribution in [0.25, 0.3) is 5.52 Å². The van der Waals surface area contributed by atoms with Gasteiger partial charge in [0.15, 0.2) is 5.82 Å². The van der Waals surface area contributed by atoms with Gasteiger partial charge in [-0.3, -0.25) is 0 Å². The third-order valence-electron chi connectivity index (χ3n) is 4.02. The van der Waals surface area contributed by atoms with Crippen molar-refractivity contribution in [3.8, 4) is 0 Å². The molecular weight excluding hydrogens is 316 g/mol. The van der Waals surface area contributed by atoms with E-state index in [9.17, 15) is 0 Å². The third-order valence-corrected chi connectivity index (χ3v) is 4.93. The number of hydrogen-bond acceptors (Lipinski definition) is 3. The second-order valence-electron chi connectivity index (χ2n) is 5.91. The summed E-state index contributed by atoms with van der Waals surface area (Å²) in [5.74, 6) is 2.25. The van der Waals surface area contributed by atoms with Gasteiger partial charge in [-0.15, -0.1) is 0 Å². The van der Waals surface area contributed by atoms with E-state index in [1.807, 2.05) is 16.9 Å². The smallest absolute Gasteiger partial charge is 0.154 e. The summed E-state index contributed by atoms with van der Waals surface area (Å²) in [6.07, 6.45) is 6.35. The maximum atomic E-state index is 4.65. The maximum Gasteiger partial charge on any atom is 0.154 e. The normalized spacial score (nSPS) is 20.0. The fourth-order valence-electron chi connectivity index (χ4n) is 2.84. The highest BCUT2D eigenvalue weighted by Crippen LogP contribution is 2.27. The highest BCUT2D eigenvalue weighted by atomic mass is 79.9. The van der Waals surface area contributed by atoms with Crippen LogP contribution in [0.2, 0.25) is 0 Å². The lowest BCUT2D eigenvalue weighted by Crippen LogP contribution is -2.36. The molecule has 1 atom stereocenters. The third kappa shape index (κ3) is 2.55. The number of nitrogens with zero attached hydrogens (tertiary/aromatic N) is 4. The molecule has 1 aliphatic rings. The zero-order valence-corrected chi connectivity index (χ0v) is 13.7. The molecule has 108 valence electrons. The second kappa shape index (κ2) is 5.72. The molecule has 0 amide bonds. The first-order valence-electron chi connectivity index (χ1n) is 7.34. The molecule has 0 aliphatic carbocycles. The lowest BCUT2D eigenvalue weighted by Gasteiger charge is -2.32. The van der Waals surface area contributed by atoms with Gasteiger partial charge in [0.05, 0.1) is 5.69 Å². The predicted octanol–water partition coefficient (Wildman–Crippen LogP) is 3.46. The number of fused-ring (bicyclic) bond motifs is 1. The topological polar surface area (TPSA) is 33.4 Å². The molecule has 0 saturated carbocycles. The molecule has 3 heterocycles. The van der Waals surface area contributed by atoms with E-state index < -0.39 is 0 Å². The monoisotopic (exact) mass is 336 g/mol. The number of rotatable bonds is 3. The zero-order chi connectivity index (χ0) is 14.1. The van der Waals surface area contributed by atoms with Crippen molar-refractivity contribution in [2.45, 2.75) is 32.6 Å². The molecular formula is C15H21BrN4. The van der Waals surface area contributed by atoms with Gasteiger partial charge in [-0.05, 0) is 30.7 Å². The Labute approximate surface area is 128 Å². The Bertz CT molecular complexity index is 593. The fraction of sp³-hybridized carbons (Fsp3) is 0.600.